The molecule has 1 atom stereocenters. The van der Waals surface area contributed by atoms with E-state index in [-0.39, 0.29) is 12.2 Å². The van der Waals surface area contributed by atoms with Gasteiger partial charge in [-0.15, -0.1) is 0 Å². The number of aromatic nitrogens is 3. The van der Waals surface area contributed by atoms with Crippen molar-refractivity contribution in [2.45, 2.75) is 12.6 Å². The van der Waals surface area contributed by atoms with E-state index in [1.807, 2.05) is 0 Å². The van der Waals surface area contributed by atoms with Gasteiger partial charge in [0.1, 0.15) is 12.1 Å². The minimum absolute atomic E-state index is 0.0900. The molecule has 1 aromatic carbocycles. The molecule has 2 aromatic rings. The van der Waals surface area contributed by atoms with Crippen molar-refractivity contribution in [1.82, 2.24) is 14.3 Å². The Bertz CT molecular complexity index is 593. The molecular formula is C11H12FN3O3. The third-order valence-corrected chi connectivity index (χ3v) is 2.44. The molecule has 0 radical (unpaired) electrons. The van der Waals surface area contributed by atoms with Crippen LogP contribution in [0.3, 0.4) is 0 Å². The highest BCUT2D eigenvalue weighted by molar-refractivity contribution is 5.32. The van der Waals surface area contributed by atoms with Crippen LogP contribution in [0.5, 0.6) is 0 Å². The van der Waals surface area contributed by atoms with E-state index in [0.717, 1.165) is 9.25 Å². The van der Waals surface area contributed by atoms with Crippen LogP contribution in [0.1, 0.15) is 0 Å². The zero-order valence-corrected chi connectivity index (χ0v) is 9.40. The van der Waals surface area contributed by atoms with E-state index >= 15 is 0 Å². The van der Waals surface area contributed by atoms with Crippen molar-refractivity contribution in [2.24, 2.45) is 0 Å². The second-order valence-electron chi connectivity index (χ2n) is 3.75. The van der Waals surface area contributed by atoms with Crippen LogP contribution < -0.4 is 5.69 Å². The number of nitrogens with zero attached hydrogens (tertiary/aromatic N) is 3. The fraction of sp³-hybridized carbons (Fsp3) is 0.273. The van der Waals surface area contributed by atoms with Crippen LogP contribution in [-0.2, 0) is 6.54 Å². The number of benzene rings is 1. The van der Waals surface area contributed by atoms with E-state index in [4.69, 9.17) is 5.11 Å². The van der Waals surface area contributed by atoms with Gasteiger partial charge in [-0.1, -0.05) is 12.1 Å². The van der Waals surface area contributed by atoms with Gasteiger partial charge >= 0.3 is 5.69 Å². The monoisotopic (exact) mass is 253 g/mol. The topological polar surface area (TPSA) is 80.3 Å². The zero-order chi connectivity index (χ0) is 13.1. The minimum Gasteiger partial charge on any atom is -0.394 e. The first-order valence-electron chi connectivity index (χ1n) is 5.31. The molecule has 0 amide bonds. The maximum atomic E-state index is 13.5. The van der Waals surface area contributed by atoms with Crippen LogP contribution in [0.15, 0.2) is 35.4 Å². The minimum atomic E-state index is -1.08. The van der Waals surface area contributed by atoms with Crippen molar-refractivity contribution >= 4 is 0 Å². The summed E-state index contributed by atoms with van der Waals surface area (Å²) in [5.74, 6) is -0.540. The summed E-state index contributed by atoms with van der Waals surface area (Å²) in [7, 11) is 0. The van der Waals surface area contributed by atoms with E-state index in [1.54, 1.807) is 6.07 Å². The van der Waals surface area contributed by atoms with Crippen LogP contribution in [-0.4, -0.2) is 37.3 Å². The van der Waals surface area contributed by atoms with Gasteiger partial charge in [0.25, 0.3) is 0 Å². The second kappa shape index (κ2) is 5.11. The molecule has 0 spiro atoms. The lowest BCUT2D eigenvalue weighted by molar-refractivity contribution is 0.0772. The highest BCUT2D eigenvalue weighted by atomic mass is 19.1. The summed E-state index contributed by atoms with van der Waals surface area (Å²) in [6.45, 7) is -0.615. The van der Waals surface area contributed by atoms with Gasteiger partial charge in [0.2, 0.25) is 0 Å². The van der Waals surface area contributed by atoms with Gasteiger partial charge in [-0.05, 0) is 12.1 Å². The molecule has 0 bridgehead atoms. The molecule has 6 nitrogen and oxygen atoms in total. The Morgan fingerprint density at radius 1 is 1.39 bits per heavy atom. The van der Waals surface area contributed by atoms with Crippen molar-refractivity contribution in [3.05, 3.63) is 46.9 Å². The molecule has 0 aliphatic carbocycles. The summed E-state index contributed by atoms with van der Waals surface area (Å²) in [6.07, 6.45) is 0.0943. The highest BCUT2D eigenvalue weighted by Gasteiger charge is 2.12. The number of hydrogen-bond acceptors (Lipinski definition) is 4. The summed E-state index contributed by atoms with van der Waals surface area (Å²) in [6, 6.07) is 5.81. The molecule has 2 N–H and O–H groups in total. The van der Waals surface area contributed by atoms with Gasteiger partial charge in [0.05, 0.1) is 24.9 Å². The van der Waals surface area contributed by atoms with Crippen molar-refractivity contribution in [1.29, 1.82) is 0 Å². The predicted octanol–water partition coefficient (Wildman–Crippen LogP) is -0.474. The maximum Gasteiger partial charge on any atom is 0.350 e. The SMILES string of the molecule is O=c1n(-c2ccccc2F)cnn1CC(O)CO. The molecule has 1 aromatic heterocycles. The number of para-hydroxylation sites is 1. The van der Waals surface area contributed by atoms with Crippen molar-refractivity contribution in [3.8, 4) is 5.69 Å². The summed E-state index contributed by atoms with van der Waals surface area (Å²) in [5.41, 5.74) is -0.486. The van der Waals surface area contributed by atoms with Gasteiger partial charge in [-0.25, -0.2) is 18.4 Å². The zero-order valence-electron chi connectivity index (χ0n) is 9.40. The van der Waals surface area contributed by atoms with Crippen molar-refractivity contribution in [3.63, 3.8) is 0 Å². The summed E-state index contributed by atoms with van der Waals surface area (Å²) >= 11 is 0. The number of rotatable bonds is 4. The van der Waals surface area contributed by atoms with Gasteiger partial charge in [-0.3, -0.25) is 0 Å². The van der Waals surface area contributed by atoms with E-state index in [9.17, 15) is 14.3 Å². The van der Waals surface area contributed by atoms with Gasteiger partial charge in [0, 0.05) is 0 Å². The Hall–Kier alpha value is -1.99. The number of hydrogen-bond donors (Lipinski definition) is 2. The summed E-state index contributed by atoms with van der Waals surface area (Å²) < 4.78 is 15.5. The van der Waals surface area contributed by atoms with Crippen molar-refractivity contribution in [2.75, 3.05) is 6.61 Å². The van der Waals surface area contributed by atoms with E-state index in [2.05, 4.69) is 5.10 Å². The van der Waals surface area contributed by atoms with Crippen LogP contribution in [0.25, 0.3) is 5.69 Å². The first-order valence-corrected chi connectivity index (χ1v) is 5.31. The average molecular weight is 253 g/mol. The fourth-order valence-electron chi connectivity index (χ4n) is 1.53. The molecule has 1 unspecified atom stereocenters. The lowest BCUT2D eigenvalue weighted by atomic mass is 10.3. The smallest absolute Gasteiger partial charge is 0.350 e. The molecule has 7 heteroatoms. The summed E-state index contributed by atoms with van der Waals surface area (Å²) in [5, 5.41) is 21.7. The molecular weight excluding hydrogens is 241 g/mol. The van der Waals surface area contributed by atoms with Crippen LogP contribution >= 0.6 is 0 Å². The van der Waals surface area contributed by atoms with Gasteiger partial charge in [-0.2, -0.15) is 5.10 Å². The van der Waals surface area contributed by atoms with E-state index in [1.165, 1.54) is 24.5 Å². The standard InChI is InChI=1S/C11H12FN3O3/c12-9-3-1-2-4-10(9)14-7-13-15(11(14)18)5-8(17)6-16/h1-4,7-8,16-17H,5-6H2. The molecule has 2 rings (SSSR count). The average Bonchev–Trinajstić information content (AvgIpc) is 2.72. The van der Waals surface area contributed by atoms with Crippen molar-refractivity contribution < 1.29 is 14.6 Å². The van der Waals surface area contributed by atoms with E-state index in [0.29, 0.717) is 0 Å². The molecule has 0 saturated carbocycles. The first-order chi connectivity index (χ1) is 8.63. The largest absolute Gasteiger partial charge is 0.394 e. The van der Waals surface area contributed by atoms with Crippen LogP contribution in [0.4, 0.5) is 4.39 Å². The molecule has 96 valence electrons. The highest BCUT2D eigenvalue weighted by Crippen LogP contribution is 2.09. The van der Waals surface area contributed by atoms with Gasteiger partial charge in [0.15, 0.2) is 0 Å². The number of halogens is 1. The molecule has 0 aliphatic heterocycles. The fourth-order valence-corrected chi connectivity index (χ4v) is 1.53. The quantitative estimate of drug-likeness (QED) is 0.771. The Kier molecular flexibility index (Phi) is 3.54. The lowest BCUT2D eigenvalue weighted by Gasteiger charge is -2.05. The number of aliphatic hydroxyl groups excluding tert-OH is 2. The molecule has 0 fully saturated rings. The van der Waals surface area contributed by atoms with Crippen LogP contribution in [0.2, 0.25) is 0 Å². The van der Waals surface area contributed by atoms with Gasteiger partial charge < -0.3 is 10.2 Å². The Balaban J connectivity index is 2.38. The third kappa shape index (κ3) is 2.31. The first kappa shape index (κ1) is 12.5. The summed E-state index contributed by atoms with van der Waals surface area (Å²) in [4.78, 5) is 11.9. The molecule has 0 saturated heterocycles. The lowest BCUT2D eigenvalue weighted by Crippen LogP contribution is -2.30. The Morgan fingerprint density at radius 3 is 2.78 bits per heavy atom. The van der Waals surface area contributed by atoms with Crippen LogP contribution in [0, 0.1) is 5.82 Å². The third-order valence-electron chi connectivity index (χ3n) is 2.44. The Morgan fingerprint density at radius 2 is 2.11 bits per heavy atom. The predicted molar refractivity (Wildman–Crippen MR) is 60.9 cm³/mol. The maximum absolute atomic E-state index is 13.5. The molecule has 0 aliphatic rings. The number of aliphatic hydroxyl groups is 2. The normalized spacial score (nSPS) is 12.6. The Labute approximate surface area is 102 Å². The second-order valence-corrected chi connectivity index (χ2v) is 3.75. The molecule has 18 heavy (non-hydrogen) atoms. The molecule has 1 heterocycles. The van der Waals surface area contributed by atoms with E-state index < -0.39 is 24.2 Å².